The lowest BCUT2D eigenvalue weighted by Crippen LogP contribution is -2.40. The van der Waals surface area contributed by atoms with Crippen LogP contribution in [0.1, 0.15) is 10.5 Å². The van der Waals surface area contributed by atoms with Crippen molar-refractivity contribution in [3.8, 4) is 26.8 Å². The van der Waals surface area contributed by atoms with Gasteiger partial charge in [-0.15, -0.1) is 11.3 Å². The lowest BCUT2D eigenvalue weighted by molar-refractivity contribution is 0.0692. The summed E-state index contributed by atoms with van der Waals surface area (Å²) in [5, 5.41) is 13.5. The number of carbonyl (C=O) groups excluding carboxylic acids is 1. The van der Waals surface area contributed by atoms with Gasteiger partial charge >= 0.3 is 12.0 Å². The number of urea groups is 1. The first kappa shape index (κ1) is 23.1. The predicted octanol–water partition coefficient (Wildman–Crippen LogP) is 6.36. The Morgan fingerprint density at radius 2 is 1.86 bits per heavy atom. The number of rotatable bonds is 4. The van der Waals surface area contributed by atoms with Gasteiger partial charge < -0.3 is 9.84 Å². The third-order valence-corrected chi connectivity index (χ3v) is 7.84. The molecule has 8 nitrogen and oxygen atoms in total. The first-order valence-corrected chi connectivity index (χ1v) is 12.8. The monoisotopic (exact) mass is 532 g/mol. The molecule has 2 N–H and O–H groups in total. The Hall–Kier alpha value is -4.35. The van der Waals surface area contributed by atoms with E-state index in [-0.39, 0.29) is 11.7 Å². The molecule has 6 rings (SSSR count). The molecule has 2 amide bonds. The summed E-state index contributed by atoms with van der Waals surface area (Å²) >= 11 is 2.53. The van der Waals surface area contributed by atoms with Crippen molar-refractivity contribution in [1.82, 2.24) is 9.97 Å². The Kier molecular flexibility index (Phi) is 5.78. The van der Waals surface area contributed by atoms with Crippen LogP contribution >= 0.6 is 22.7 Å². The van der Waals surface area contributed by atoms with Crippen molar-refractivity contribution in [3.63, 3.8) is 0 Å². The second-order valence-corrected chi connectivity index (χ2v) is 10.1. The lowest BCUT2D eigenvalue weighted by atomic mass is 10.1. The number of ether oxygens (including phenoxy) is 1. The van der Waals surface area contributed by atoms with E-state index in [0.29, 0.717) is 50.7 Å². The Morgan fingerprint density at radius 3 is 2.68 bits per heavy atom. The van der Waals surface area contributed by atoms with Crippen LogP contribution in [0.15, 0.2) is 66.7 Å². The Labute approximate surface area is 217 Å². The molecule has 0 fully saturated rings. The highest BCUT2D eigenvalue weighted by Crippen LogP contribution is 2.40. The first-order chi connectivity index (χ1) is 18.0. The number of hydrogen-bond donors (Lipinski definition) is 2. The number of carbonyl (C=O) groups is 2. The average Bonchev–Trinajstić information content (AvgIpc) is 3.52. The number of benzene rings is 3. The van der Waals surface area contributed by atoms with E-state index in [4.69, 9.17) is 4.74 Å². The highest BCUT2D eigenvalue weighted by molar-refractivity contribution is 7.22. The highest BCUT2D eigenvalue weighted by Gasteiger charge is 2.27. The van der Waals surface area contributed by atoms with Crippen molar-refractivity contribution < 1.29 is 23.8 Å². The summed E-state index contributed by atoms with van der Waals surface area (Å²) in [5.41, 5.74) is 2.21. The SMILES string of the molecule is O=C(O)c1nc(-c2ccc3c(c2)N(C(=O)Nc2nc4ccccc4s2)CCO3)sc1-c1cccc(F)c1. The van der Waals surface area contributed by atoms with E-state index in [9.17, 15) is 19.1 Å². The second-order valence-electron chi connectivity index (χ2n) is 8.11. The summed E-state index contributed by atoms with van der Waals surface area (Å²) in [4.78, 5) is 35.8. The van der Waals surface area contributed by atoms with Gasteiger partial charge in [0.25, 0.3) is 0 Å². The van der Waals surface area contributed by atoms with Gasteiger partial charge in [0.05, 0.1) is 27.3 Å². The number of nitrogens with zero attached hydrogens (tertiary/aromatic N) is 3. The number of anilines is 2. The van der Waals surface area contributed by atoms with Gasteiger partial charge in [0.1, 0.15) is 23.2 Å². The molecule has 184 valence electrons. The normalized spacial score (nSPS) is 12.7. The van der Waals surface area contributed by atoms with Gasteiger partial charge in [-0.05, 0) is 48.0 Å². The van der Waals surface area contributed by atoms with Crippen molar-refractivity contribution in [3.05, 3.63) is 78.2 Å². The van der Waals surface area contributed by atoms with Crippen LogP contribution in [0.5, 0.6) is 5.75 Å². The molecule has 0 aliphatic carbocycles. The number of aromatic carboxylic acids is 1. The zero-order chi connectivity index (χ0) is 25.5. The van der Waals surface area contributed by atoms with Crippen LogP contribution < -0.4 is 15.0 Å². The molecule has 5 aromatic rings. The number of fused-ring (bicyclic) bond motifs is 2. The molecule has 1 aliphatic heterocycles. The standard InChI is InChI=1S/C26H17FN4O4S2/c27-16-5-3-4-14(12-16)22-21(24(32)33)29-23(37-22)15-8-9-19-18(13-15)31(10-11-35-19)26(34)30-25-28-17-6-1-2-7-20(17)36-25/h1-9,12-13H,10-11H2,(H,32,33)(H,28,30,34). The maximum Gasteiger partial charge on any atom is 0.356 e. The molecule has 0 radical (unpaired) electrons. The molecule has 11 heteroatoms. The molecule has 0 saturated heterocycles. The molecule has 3 aromatic carbocycles. The van der Waals surface area contributed by atoms with Crippen molar-refractivity contribution in [2.75, 3.05) is 23.4 Å². The minimum Gasteiger partial charge on any atom is -0.490 e. The van der Waals surface area contributed by atoms with Gasteiger partial charge in [-0.1, -0.05) is 35.6 Å². The summed E-state index contributed by atoms with van der Waals surface area (Å²) in [6.45, 7) is 0.643. The Bertz CT molecular complexity index is 1650. The van der Waals surface area contributed by atoms with E-state index in [1.165, 1.54) is 29.5 Å². The molecular weight excluding hydrogens is 515 g/mol. The summed E-state index contributed by atoms with van der Waals surface area (Å²) in [6.07, 6.45) is 0. The van der Waals surface area contributed by atoms with Gasteiger partial charge in [-0.2, -0.15) is 0 Å². The largest absolute Gasteiger partial charge is 0.490 e. The summed E-state index contributed by atoms with van der Waals surface area (Å²) in [6, 6.07) is 18.2. The fraction of sp³-hybridized carbons (Fsp3) is 0.0769. The van der Waals surface area contributed by atoms with E-state index in [0.717, 1.165) is 21.6 Å². The van der Waals surface area contributed by atoms with Gasteiger partial charge in [-0.3, -0.25) is 10.2 Å². The zero-order valence-corrected chi connectivity index (χ0v) is 20.6. The number of hydrogen-bond acceptors (Lipinski definition) is 7. The fourth-order valence-corrected chi connectivity index (χ4v) is 5.97. The number of carboxylic acids is 1. The van der Waals surface area contributed by atoms with Crippen molar-refractivity contribution in [2.45, 2.75) is 0 Å². The van der Waals surface area contributed by atoms with Crippen LogP contribution in [0, 0.1) is 5.82 Å². The number of para-hydroxylation sites is 1. The molecule has 0 atom stereocenters. The number of halogens is 1. The molecule has 0 spiro atoms. The number of thiazole rings is 2. The van der Waals surface area contributed by atoms with Crippen molar-refractivity contribution in [2.24, 2.45) is 0 Å². The predicted molar refractivity (Wildman–Crippen MR) is 141 cm³/mol. The molecule has 0 saturated carbocycles. The van der Waals surface area contributed by atoms with Crippen LogP contribution in [0.4, 0.5) is 20.0 Å². The van der Waals surface area contributed by atoms with E-state index in [1.807, 2.05) is 24.3 Å². The van der Waals surface area contributed by atoms with Crippen LogP contribution in [0.3, 0.4) is 0 Å². The van der Waals surface area contributed by atoms with E-state index >= 15 is 0 Å². The maximum atomic E-state index is 13.8. The number of amides is 2. The van der Waals surface area contributed by atoms with Gasteiger partial charge in [-0.25, -0.2) is 23.9 Å². The maximum absolute atomic E-state index is 13.8. The average molecular weight is 533 g/mol. The quantitative estimate of drug-likeness (QED) is 0.279. The minimum absolute atomic E-state index is 0.162. The molecule has 3 heterocycles. The Morgan fingerprint density at radius 1 is 1.00 bits per heavy atom. The number of nitrogens with one attached hydrogen (secondary N) is 1. The number of aromatic nitrogens is 2. The third-order valence-electron chi connectivity index (χ3n) is 5.74. The van der Waals surface area contributed by atoms with Crippen LogP contribution in [0.2, 0.25) is 0 Å². The minimum atomic E-state index is -1.21. The van der Waals surface area contributed by atoms with Crippen LogP contribution in [-0.4, -0.2) is 40.2 Å². The topological polar surface area (TPSA) is 105 Å². The lowest BCUT2D eigenvalue weighted by Gasteiger charge is -2.29. The first-order valence-electron chi connectivity index (χ1n) is 11.2. The molecule has 1 aliphatic rings. The highest BCUT2D eigenvalue weighted by atomic mass is 32.1. The molecular formula is C26H17FN4O4S2. The van der Waals surface area contributed by atoms with Gasteiger partial charge in [0.2, 0.25) is 0 Å². The number of carboxylic acid groups (broad SMARTS) is 1. The summed E-state index contributed by atoms with van der Waals surface area (Å²) in [7, 11) is 0. The van der Waals surface area contributed by atoms with E-state index < -0.39 is 11.8 Å². The van der Waals surface area contributed by atoms with Gasteiger partial charge in [0.15, 0.2) is 10.8 Å². The Balaban J connectivity index is 1.34. The van der Waals surface area contributed by atoms with Gasteiger partial charge in [0, 0.05) is 5.56 Å². The third kappa shape index (κ3) is 4.39. The fourth-order valence-electron chi connectivity index (χ4n) is 4.06. The summed E-state index contributed by atoms with van der Waals surface area (Å²) in [5.74, 6) is -1.15. The van der Waals surface area contributed by atoms with Crippen LogP contribution in [0.25, 0.3) is 31.2 Å². The van der Waals surface area contributed by atoms with E-state index in [1.54, 1.807) is 29.2 Å². The summed E-state index contributed by atoms with van der Waals surface area (Å²) < 4.78 is 20.5. The molecule has 0 unspecified atom stereocenters. The van der Waals surface area contributed by atoms with Crippen molar-refractivity contribution in [1.29, 1.82) is 0 Å². The van der Waals surface area contributed by atoms with Crippen molar-refractivity contribution >= 4 is 55.7 Å². The second kappa shape index (κ2) is 9.26. The molecule has 37 heavy (non-hydrogen) atoms. The van der Waals surface area contributed by atoms with E-state index in [2.05, 4.69) is 15.3 Å². The zero-order valence-electron chi connectivity index (χ0n) is 19.0. The molecule has 2 aromatic heterocycles. The van der Waals surface area contributed by atoms with Crippen LogP contribution in [-0.2, 0) is 0 Å². The smallest absolute Gasteiger partial charge is 0.356 e. The molecule has 0 bridgehead atoms.